The summed E-state index contributed by atoms with van der Waals surface area (Å²) < 4.78 is 1.89. The van der Waals surface area contributed by atoms with Crippen molar-refractivity contribution in [2.75, 3.05) is 0 Å². The quantitative estimate of drug-likeness (QED) is 0.925. The minimum Gasteiger partial charge on any atom is -0.481 e. The fraction of sp³-hybridized carbons (Fsp3) is 0.300. The third kappa shape index (κ3) is 2.82. The van der Waals surface area contributed by atoms with Gasteiger partial charge in [-0.3, -0.25) is 4.79 Å². The van der Waals surface area contributed by atoms with Gasteiger partial charge >= 0.3 is 5.97 Å². The van der Waals surface area contributed by atoms with Crippen LogP contribution in [0.15, 0.2) is 27.1 Å². The Kier molecular flexibility index (Phi) is 4.13. The summed E-state index contributed by atoms with van der Waals surface area (Å²) in [5, 5.41) is 8.78. The van der Waals surface area contributed by atoms with Crippen LogP contribution in [0.2, 0.25) is 0 Å². The summed E-state index contributed by atoms with van der Waals surface area (Å²) in [6, 6.07) is 5.74. The normalized spacial score (nSPS) is 12.5. The molecule has 0 saturated heterocycles. The monoisotopic (exact) mass is 320 g/mol. The Morgan fingerprint density at radius 2 is 2.14 bits per heavy atom. The number of carboxylic acid groups (broad SMARTS) is 1. The molecule has 0 aromatic heterocycles. The Bertz CT molecular complexity index is 350. The van der Waals surface area contributed by atoms with Crippen molar-refractivity contribution in [2.45, 2.75) is 13.3 Å². The Morgan fingerprint density at radius 1 is 1.50 bits per heavy atom. The Balaban J connectivity index is 2.87. The first kappa shape index (κ1) is 11.7. The Hall–Kier alpha value is -0.350. The number of hydrogen-bond donors (Lipinski definition) is 1. The fourth-order valence-corrected chi connectivity index (χ4v) is 1.96. The molecule has 0 aliphatic heterocycles. The maximum atomic E-state index is 10.7. The summed E-state index contributed by atoms with van der Waals surface area (Å²) in [6.45, 7) is 1.70. The second-order valence-corrected chi connectivity index (χ2v) is 4.80. The van der Waals surface area contributed by atoms with E-state index < -0.39 is 5.97 Å². The van der Waals surface area contributed by atoms with E-state index in [4.69, 9.17) is 5.11 Å². The number of rotatable bonds is 3. The molecule has 4 heteroatoms. The maximum Gasteiger partial charge on any atom is 0.306 e. The van der Waals surface area contributed by atoms with Gasteiger partial charge < -0.3 is 5.11 Å². The maximum absolute atomic E-state index is 10.7. The lowest BCUT2D eigenvalue weighted by molar-refractivity contribution is -0.141. The molecule has 0 fully saturated rings. The zero-order chi connectivity index (χ0) is 10.7. The molecule has 14 heavy (non-hydrogen) atoms. The van der Waals surface area contributed by atoms with Gasteiger partial charge in [-0.05, 0) is 49.9 Å². The van der Waals surface area contributed by atoms with Crippen molar-refractivity contribution in [1.29, 1.82) is 0 Å². The molecule has 1 aromatic rings. The number of halogens is 2. The molecular formula is C10H10Br2O2. The second-order valence-electron chi connectivity index (χ2n) is 3.16. The lowest BCUT2D eigenvalue weighted by atomic mass is 10.0. The molecule has 2 nitrogen and oxygen atoms in total. The molecular weight excluding hydrogens is 312 g/mol. The minimum atomic E-state index is -0.767. The molecule has 0 amide bonds. The smallest absolute Gasteiger partial charge is 0.306 e. The van der Waals surface area contributed by atoms with Gasteiger partial charge in [-0.2, -0.15) is 0 Å². The van der Waals surface area contributed by atoms with Crippen molar-refractivity contribution >= 4 is 37.8 Å². The molecule has 1 rings (SSSR count). The van der Waals surface area contributed by atoms with Crippen LogP contribution in [0.3, 0.4) is 0 Å². The average Bonchev–Trinajstić information content (AvgIpc) is 2.12. The van der Waals surface area contributed by atoms with Crippen molar-refractivity contribution in [3.8, 4) is 0 Å². The third-order valence-corrected chi connectivity index (χ3v) is 4.11. The number of benzene rings is 1. The number of hydrogen-bond acceptors (Lipinski definition) is 1. The van der Waals surface area contributed by atoms with Crippen LogP contribution in [0.4, 0.5) is 0 Å². The zero-order valence-corrected chi connectivity index (χ0v) is 10.8. The first-order valence-corrected chi connectivity index (χ1v) is 5.76. The molecule has 1 N–H and O–H groups in total. The van der Waals surface area contributed by atoms with Crippen LogP contribution in [-0.4, -0.2) is 11.1 Å². The van der Waals surface area contributed by atoms with Crippen LogP contribution in [0, 0.1) is 5.92 Å². The summed E-state index contributed by atoms with van der Waals surface area (Å²) in [6.07, 6.45) is 0.537. The number of aliphatic carboxylic acids is 1. The van der Waals surface area contributed by atoms with Gasteiger partial charge in [-0.15, -0.1) is 0 Å². The molecule has 1 atom stereocenters. The summed E-state index contributed by atoms with van der Waals surface area (Å²) in [5.41, 5.74) is 1.01. The Morgan fingerprint density at radius 3 is 2.71 bits per heavy atom. The molecule has 1 unspecified atom stereocenters. The number of carboxylic acids is 1. The highest BCUT2D eigenvalue weighted by atomic mass is 79.9. The largest absolute Gasteiger partial charge is 0.481 e. The molecule has 76 valence electrons. The standard InChI is InChI=1S/C10H10Br2O2/c1-6(10(13)14)5-7-3-2-4-8(11)9(7)12/h2-4,6H,5H2,1H3,(H,13,14). The van der Waals surface area contributed by atoms with E-state index in [-0.39, 0.29) is 5.92 Å². The molecule has 1 aromatic carbocycles. The van der Waals surface area contributed by atoms with E-state index in [1.165, 1.54) is 0 Å². The van der Waals surface area contributed by atoms with Crippen LogP contribution in [-0.2, 0) is 11.2 Å². The van der Waals surface area contributed by atoms with Crippen molar-refractivity contribution in [3.63, 3.8) is 0 Å². The topological polar surface area (TPSA) is 37.3 Å². The highest BCUT2D eigenvalue weighted by Crippen LogP contribution is 2.28. The Labute approximate surface area is 99.6 Å². The summed E-state index contributed by atoms with van der Waals surface area (Å²) in [5.74, 6) is -1.13. The SMILES string of the molecule is CC(Cc1cccc(Br)c1Br)C(=O)O. The van der Waals surface area contributed by atoms with E-state index in [0.29, 0.717) is 6.42 Å². The molecule has 0 aliphatic rings. The van der Waals surface area contributed by atoms with Crippen LogP contribution in [0.1, 0.15) is 12.5 Å². The van der Waals surface area contributed by atoms with Crippen LogP contribution in [0.25, 0.3) is 0 Å². The van der Waals surface area contributed by atoms with Crippen molar-refractivity contribution in [1.82, 2.24) is 0 Å². The van der Waals surface area contributed by atoms with Gasteiger partial charge in [-0.25, -0.2) is 0 Å². The van der Waals surface area contributed by atoms with E-state index in [1.807, 2.05) is 18.2 Å². The molecule has 0 bridgehead atoms. The molecule has 0 spiro atoms. The lowest BCUT2D eigenvalue weighted by Crippen LogP contribution is -2.12. The van der Waals surface area contributed by atoms with Gasteiger partial charge in [0.1, 0.15) is 0 Å². The minimum absolute atomic E-state index is 0.361. The zero-order valence-electron chi connectivity index (χ0n) is 7.63. The van der Waals surface area contributed by atoms with Gasteiger partial charge in [0.25, 0.3) is 0 Å². The second kappa shape index (κ2) is 4.94. The number of carbonyl (C=O) groups is 1. The summed E-state index contributed by atoms with van der Waals surface area (Å²) >= 11 is 6.80. The fourth-order valence-electron chi connectivity index (χ4n) is 1.12. The van der Waals surface area contributed by atoms with E-state index in [2.05, 4.69) is 31.9 Å². The van der Waals surface area contributed by atoms with Gasteiger partial charge in [0.05, 0.1) is 5.92 Å². The predicted octanol–water partition coefficient (Wildman–Crippen LogP) is 3.47. The van der Waals surface area contributed by atoms with E-state index in [0.717, 1.165) is 14.5 Å². The molecule has 0 heterocycles. The predicted molar refractivity (Wildman–Crippen MR) is 62.3 cm³/mol. The van der Waals surface area contributed by atoms with Crippen molar-refractivity contribution in [3.05, 3.63) is 32.7 Å². The van der Waals surface area contributed by atoms with Gasteiger partial charge in [0, 0.05) is 8.95 Å². The summed E-state index contributed by atoms with van der Waals surface area (Å²) in [4.78, 5) is 10.7. The average molecular weight is 322 g/mol. The molecule has 0 saturated carbocycles. The molecule has 0 aliphatic carbocycles. The lowest BCUT2D eigenvalue weighted by Gasteiger charge is -2.09. The van der Waals surface area contributed by atoms with Crippen LogP contribution >= 0.6 is 31.9 Å². The molecule has 0 radical (unpaired) electrons. The first-order chi connectivity index (χ1) is 6.52. The van der Waals surface area contributed by atoms with Crippen molar-refractivity contribution in [2.24, 2.45) is 5.92 Å². The van der Waals surface area contributed by atoms with Crippen LogP contribution in [0.5, 0.6) is 0 Å². The van der Waals surface area contributed by atoms with Gasteiger partial charge in [-0.1, -0.05) is 19.1 Å². The van der Waals surface area contributed by atoms with E-state index in [9.17, 15) is 4.79 Å². The highest BCUT2D eigenvalue weighted by Gasteiger charge is 2.13. The van der Waals surface area contributed by atoms with Crippen LogP contribution < -0.4 is 0 Å². The first-order valence-electron chi connectivity index (χ1n) is 4.18. The third-order valence-electron chi connectivity index (χ3n) is 1.98. The van der Waals surface area contributed by atoms with Gasteiger partial charge in [0.15, 0.2) is 0 Å². The summed E-state index contributed by atoms with van der Waals surface area (Å²) in [7, 11) is 0. The van der Waals surface area contributed by atoms with Gasteiger partial charge in [0.2, 0.25) is 0 Å². The van der Waals surface area contributed by atoms with E-state index in [1.54, 1.807) is 6.92 Å². The van der Waals surface area contributed by atoms with E-state index >= 15 is 0 Å². The highest BCUT2D eigenvalue weighted by molar-refractivity contribution is 9.13. The van der Waals surface area contributed by atoms with Crippen molar-refractivity contribution < 1.29 is 9.90 Å².